The van der Waals surface area contributed by atoms with Crippen molar-refractivity contribution in [3.63, 3.8) is 0 Å². The van der Waals surface area contributed by atoms with Crippen molar-refractivity contribution in [2.45, 2.75) is 12.1 Å². The fraction of sp³-hybridized carbons (Fsp3) is 0.278. The maximum Gasteiger partial charge on any atom is 0.196 e. The zero-order valence-electron chi connectivity index (χ0n) is 14.5. The van der Waals surface area contributed by atoms with Crippen LogP contribution in [-0.4, -0.2) is 48.1 Å². The van der Waals surface area contributed by atoms with Crippen molar-refractivity contribution in [3.05, 3.63) is 53.5 Å². The molecule has 24 heavy (non-hydrogen) atoms. The predicted octanol–water partition coefficient (Wildman–Crippen LogP) is 3.30. The molecule has 0 saturated carbocycles. The van der Waals surface area contributed by atoms with E-state index in [2.05, 4.69) is 9.97 Å². The number of thioether (sulfide) groups is 1. The number of ketones is 1. The van der Waals surface area contributed by atoms with Crippen LogP contribution < -0.4 is 4.74 Å². The molecule has 0 aliphatic heterocycles. The van der Waals surface area contributed by atoms with Crippen LogP contribution in [0.4, 0.5) is 0 Å². The number of nitrogens with zero attached hydrogens (tertiary/aromatic N) is 3. The molecule has 0 bridgehead atoms. The van der Waals surface area contributed by atoms with E-state index in [1.165, 1.54) is 11.8 Å². The molecule has 1 heterocycles. The Bertz CT molecular complexity index is 773. The third-order valence-corrected chi connectivity index (χ3v) is 3.83. The minimum Gasteiger partial charge on any atom is -0.497 e. The van der Waals surface area contributed by atoms with E-state index in [-0.39, 0.29) is 5.78 Å². The summed E-state index contributed by atoms with van der Waals surface area (Å²) in [5.41, 5.74) is 2.66. The van der Waals surface area contributed by atoms with Gasteiger partial charge in [0.25, 0.3) is 0 Å². The Kier molecular flexibility index (Phi) is 5.98. The van der Waals surface area contributed by atoms with Gasteiger partial charge in [0.05, 0.1) is 18.4 Å². The molecule has 6 heteroatoms. The highest BCUT2D eigenvalue weighted by Crippen LogP contribution is 2.24. The van der Waals surface area contributed by atoms with Crippen LogP contribution in [0.2, 0.25) is 0 Å². The third-order valence-electron chi connectivity index (χ3n) is 3.27. The summed E-state index contributed by atoms with van der Waals surface area (Å²) < 4.78 is 5.28. The highest BCUT2D eigenvalue weighted by molar-refractivity contribution is 7.98. The molecule has 0 aliphatic carbocycles. The van der Waals surface area contributed by atoms with E-state index in [4.69, 9.17) is 4.74 Å². The van der Waals surface area contributed by atoms with Crippen LogP contribution in [0.15, 0.2) is 41.8 Å². The van der Waals surface area contributed by atoms with Gasteiger partial charge >= 0.3 is 0 Å². The van der Waals surface area contributed by atoms with E-state index in [0.29, 0.717) is 27.7 Å². The molecule has 0 radical (unpaired) electrons. The molecular formula is C18H21N3O2S. The lowest BCUT2D eigenvalue weighted by Gasteiger charge is -2.13. The normalized spacial score (nSPS) is 11.3. The summed E-state index contributed by atoms with van der Waals surface area (Å²) >= 11 is 1.44. The van der Waals surface area contributed by atoms with Crippen LogP contribution >= 0.6 is 11.8 Å². The van der Waals surface area contributed by atoms with Crippen LogP contribution in [0.1, 0.15) is 21.6 Å². The summed E-state index contributed by atoms with van der Waals surface area (Å²) in [4.78, 5) is 23.6. The first-order valence-corrected chi connectivity index (χ1v) is 8.63. The van der Waals surface area contributed by atoms with E-state index >= 15 is 0 Å². The highest BCUT2D eigenvalue weighted by Gasteiger charge is 2.18. The molecule has 0 N–H and O–H groups in total. The molecule has 126 valence electrons. The minimum atomic E-state index is -0.101. The number of carbonyl (C=O) groups excluding carboxylic acids is 1. The Morgan fingerprint density at radius 1 is 1.29 bits per heavy atom. The second-order valence-corrected chi connectivity index (χ2v) is 6.28. The number of aromatic nitrogens is 2. The molecule has 0 fully saturated rings. The van der Waals surface area contributed by atoms with Crippen molar-refractivity contribution in [3.8, 4) is 5.75 Å². The summed E-state index contributed by atoms with van der Waals surface area (Å²) in [6.45, 7) is 1.94. The number of methoxy groups -OCH3 is 1. The molecule has 0 spiro atoms. The predicted molar refractivity (Wildman–Crippen MR) is 97.5 cm³/mol. The van der Waals surface area contributed by atoms with Gasteiger partial charge < -0.3 is 9.64 Å². The van der Waals surface area contributed by atoms with Crippen molar-refractivity contribution in [2.75, 3.05) is 27.5 Å². The number of allylic oxidation sites excluding steroid dienone is 1. The number of ether oxygens (including phenoxy) is 1. The van der Waals surface area contributed by atoms with Crippen LogP contribution in [0.25, 0.3) is 5.57 Å². The molecule has 0 aliphatic rings. The fourth-order valence-electron chi connectivity index (χ4n) is 2.24. The highest BCUT2D eigenvalue weighted by atomic mass is 32.2. The maximum atomic E-state index is 13.1. The molecule has 5 nitrogen and oxygen atoms in total. The van der Waals surface area contributed by atoms with Gasteiger partial charge in [-0.25, -0.2) is 9.97 Å². The number of Topliss-reactive ketones (excluding diaryl/α,β-unsaturated/α-hetero) is 1. The average molecular weight is 343 g/mol. The van der Waals surface area contributed by atoms with Gasteiger partial charge in [0, 0.05) is 32.1 Å². The van der Waals surface area contributed by atoms with Gasteiger partial charge in [-0.2, -0.15) is 0 Å². The number of carbonyl (C=O) groups is 1. The summed E-state index contributed by atoms with van der Waals surface area (Å²) in [6.07, 6.45) is 5.35. The molecule has 2 rings (SSSR count). The van der Waals surface area contributed by atoms with Crippen LogP contribution in [0.3, 0.4) is 0 Å². The third kappa shape index (κ3) is 4.35. The maximum absolute atomic E-state index is 13.1. The smallest absolute Gasteiger partial charge is 0.196 e. The summed E-state index contributed by atoms with van der Waals surface area (Å²) in [7, 11) is 5.34. The minimum absolute atomic E-state index is 0.101. The lowest BCUT2D eigenvalue weighted by molar-refractivity contribution is 0.105. The first kappa shape index (κ1) is 18.0. The van der Waals surface area contributed by atoms with Crippen molar-refractivity contribution >= 4 is 23.1 Å². The molecule has 0 amide bonds. The number of hydrogen-bond acceptors (Lipinski definition) is 6. The summed E-state index contributed by atoms with van der Waals surface area (Å²) in [6, 6.07) is 7.24. The fourth-order valence-corrected chi connectivity index (χ4v) is 2.60. The Labute approximate surface area is 146 Å². The molecule has 0 atom stereocenters. The second-order valence-electron chi connectivity index (χ2n) is 5.50. The summed E-state index contributed by atoms with van der Waals surface area (Å²) in [5.74, 6) is 0.562. The Morgan fingerprint density at radius 2 is 2.04 bits per heavy atom. The van der Waals surface area contributed by atoms with Crippen molar-refractivity contribution in [2.24, 2.45) is 0 Å². The van der Waals surface area contributed by atoms with Crippen LogP contribution in [-0.2, 0) is 0 Å². The van der Waals surface area contributed by atoms with Crippen molar-refractivity contribution in [1.29, 1.82) is 0 Å². The van der Waals surface area contributed by atoms with Crippen LogP contribution in [0.5, 0.6) is 5.75 Å². The van der Waals surface area contributed by atoms with Gasteiger partial charge in [-0.05, 0) is 43.0 Å². The first-order valence-electron chi connectivity index (χ1n) is 7.40. The number of benzene rings is 1. The van der Waals surface area contributed by atoms with Gasteiger partial charge in [0.15, 0.2) is 10.9 Å². The molecule has 0 unspecified atom stereocenters. The van der Waals surface area contributed by atoms with Crippen LogP contribution in [0, 0.1) is 6.92 Å². The molecule has 2 aromatic rings. The van der Waals surface area contributed by atoms with E-state index < -0.39 is 0 Å². The van der Waals surface area contributed by atoms with E-state index in [1.807, 2.05) is 44.3 Å². The van der Waals surface area contributed by atoms with Gasteiger partial charge in [-0.3, -0.25) is 4.79 Å². The number of rotatable bonds is 6. The van der Waals surface area contributed by atoms with E-state index in [1.54, 1.807) is 31.6 Å². The molecule has 1 aromatic carbocycles. The first-order chi connectivity index (χ1) is 11.4. The van der Waals surface area contributed by atoms with Crippen molar-refractivity contribution < 1.29 is 9.53 Å². The summed E-state index contributed by atoms with van der Waals surface area (Å²) in [5, 5.41) is 0.631. The van der Waals surface area contributed by atoms with Gasteiger partial charge in [-0.15, -0.1) is 0 Å². The Morgan fingerprint density at radius 3 is 2.67 bits per heavy atom. The largest absolute Gasteiger partial charge is 0.497 e. The number of hydrogen-bond donors (Lipinski definition) is 0. The topological polar surface area (TPSA) is 55.3 Å². The van der Waals surface area contributed by atoms with E-state index in [0.717, 1.165) is 5.56 Å². The van der Waals surface area contributed by atoms with Gasteiger partial charge in [0.1, 0.15) is 5.75 Å². The van der Waals surface area contributed by atoms with E-state index in [9.17, 15) is 4.79 Å². The standard InChI is InChI=1S/C18H21N3O2S/c1-12-8-13(10-14(9-12)23-4)17(22)15(11-21(2)3)16-6-7-19-18(20-16)24-5/h6-11H,1-5H3. The second kappa shape index (κ2) is 7.97. The van der Waals surface area contributed by atoms with Crippen molar-refractivity contribution in [1.82, 2.24) is 14.9 Å². The van der Waals surface area contributed by atoms with Gasteiger partial charge in [-0.1, -0.05) is 11.8 Å². The monoisotopic (exact) mass is 343 g/mol. The zero-order valence-corrected chi connectivity index (χ0v) is 15.3. The average Bonchev–Trinajstić information content (AvgIpc) is 2.58. The molecule has 1 aromatic heterocycles. The SMILES string of the molecule is COc1cc(C)cc(C(=O)C(=CN(C)C)c2ccnc(SC)n2)c1. The molecular weight excluding hydrogens is 322 g/mol. The quantitative estimate of drug-likeness (QED) is 0.347. The lowest BCUT2D eigenvalue weighted by atomic mass is 9.99. The Hall–Kier alpha value is -2.34. The zero-order chi connectivity index (χ0) is 17.7. The number of aryl methyl sites for hydroxylation is 1. The Balaban J connectivity index is 2.52. The van der Waals surface area contributed by atoms with Gasteiger partial charge in [0.2, 0.25) is 0 Å². The molecule has 0 saturated heterocycles. The lowest BCUT2D eigenvalue weighted by Crippen LogP contribution is -2.11.